The first-order valence-electron chi connectivity index (χ1n) is 7.79. The van der Waals surface area contributed by atoms with E-state index in [0.717, 1.165) is 25.1 Å². The van der Waals surface area contributed by atoms with Crippen molar-refractivity contribution in [3.8, 4) is 0 Å². The third-order valence-electron chi connectivity index (χ3n) is 4.91. The first-order chi connectivity index (χ1) is 9.89. The maximum Gasteiger partial charge on any atom is 0.494 e. The molecule has 0 amide bonds. The van der Waals surface area contributed by atoms with Crippen molar-refractivity contribution in [2.24, 2.45) is 0 Å². The second-order valence-electron chi connectivity index (χ2n) is 6.97. The third kappa shape index (κ3) is 2.88. The Morgan fingerprint density at radius 1 is 1.00 bits per heavy atom. The van der Waals surface area contributed by atoms with Gasteiger partial charge in [-0.1, -0.05) is 24.3 Å². The minimum absolute atomic E-state index is 0.276. The molecule has 1 aromatic carbocycles. The second-order valence-corrected chi connectivity index (χ2v) is 6.97. The van der Waals surface area contributed by atoms with Crippen molar-refractivity contribution in [2.75, 3.05) is 19.6 Å². The zero-order chi connectivity index (χ0) is 15.1. The first-order valence-corrected chi connectivity index (χ1v) is 7.79. The normalized spacial score (nSPS) is 27.8. The summed E-state index contributed by atoms with van der Waals surface area (Å²) in [6.45, 7) is 11.4. The molecule has 0 bridgehead atoms. The summed E-state index contributed by atoms with van der Waals surface area (Å²) in [5, 5.41) is 6.94. The number of rotatable bonds is 2. The number of benzene rings is 1. The van der Waals surface area contributed by atoms with Crippen molar-refractivity contribution in [1.82, 2.24) is 10.6 Å². The molecule has 3 rings (SSSR count). The van der Waals surface area contributed by atoms with E-state index in [4.69, 9.17) is 9.31 Å². The van der Waals surface area contributed by atoms with Gasteiger partial charge in [-0.2, -0.15) is 0 Å². The maximum atomic E-state index is 6.09. The van der Waals surface area contributed by atoms with Crippen molar-refractivity contribution in [3.05, 3.63) is 29.8 Å². The van der Waals surface area contributed by atoms with Crippen molar-refractivity contribution in [2.45, 2.75) is 44.9 Å². The standard InChI is InChI=1S/C16H25BN2O2/c1-15(2)16(3,4)21-17(20-15)13-7-5-12(6-8-13)14-11-18-9-10-19-14/h5-8,14,18-19H,9-11H2,1-4H3/t14-/m1/s1. The summed E-state index contributed by atoms with van der Waals surface area (Å²) >= 11 is 0. The summed E-state index contributed by atoms with van der Waals surface area (Å²) in [7, 11) is -0.276. The van der Waals surface area contributed by atoms with Crippen LogP contribution >= 0.6 is 0 Å². The molecule has 0 aliphatic carbocycles. The Bertz CT molecular complexity index is 480. The van der Waals surface area contributed by atoms with Gasteiger partial charge in [0.2, 0.25) is 0 Å². The smallest absolute Gasteiger partial charge is 0.399 e. The number of piperazine rings is 1. The van der Waals surface area contributed by atoms with Crippen LogP contribution in [-0.2, 0) is 9.31 Å². The van der Waals surface area contributed by atoms with Crippen molar-refractivity contribution < 1.29 is 9.31 Å². The molecular formula is C16H25BN2O2. The van der Waals surface area contributed by atoms with Crippen LogP contribution in [-0.4, -0.2) is 38.0 Å². The highest BCUT2D eigenvalue weighted by Crippen LogP contribution is 2.36. The Kier molecular flexibility index (Phi) is 3.86. The van der Waals surface area contributed by atoms with Crippen LogP contribution in [0.2, 0.25) is 0 Å². The molecule has 2 heterocycles. The van der Waals surface area contributed by atoms with Gasteiger partial charge in [-0.15, -0.1) is 0 Å². The largest absolute Gasteiger partial charge is 0.494 e. The summed E-state index contributed by atoms with van der Waals surface area (Å²) in [5.41, 5.74) is 1.82. The van der Waals surface area contributed by atoms with E-state index in [1.807, 2.05) is 0 Å². The average molecular weight is 288 g/mol. The molecule has 21 heavy (non-hydrogen) atoms. The van der Waals surface area contributed by atoms with Gasteiger partial charge in [0.25, 0.3) is 0 Å². The summed E-state index contributed by atoms with van der Waals surface area (Å²) in [6.07, 6.45) is 0. The highest BCUT2D eigenvalue weighted by Gasteiger charge is 2.51. The molecule has 1 aromatic rings. The van der Waals surface area contributed by atoms with Crippen LogP contribution in [0.25, 0.3) is 0 Å². The molecule has 2 aliphatic rings. The second kappa shape index (κ2) is 5.40. The lowest BCUT2D eigenvalue weighted by molar-refractivity contribution is 0.00578. The fraction of sp³-hybridized carbons (Fsp3) is 0.625. The Morgan fingerprint density at radius 3 is 2.14 bits per heavy atom. The minimum Gasteiger partial charge on any atom is -0.399 e. The molecule has 1 atom stereocenters. The monoisotopic (exact) mass is 288 g/mol. The van der Waals surface area contributed by atoms with E-state index in [2.05, 4.69) is 62.6 Å². The van der Waals surface area contributed by atoms with Crippen LogP contribution < -0.4 is 16.1 Å². The lowest BCUT2D eigenvalue weighted by Crippen LogP contribution is -2.42. The number of hydrogen-bond donors (Lipinski definition) is 2. The molecule has 0 saturated carbocycles. The molecule has 0 aromatic heterocycles. The van der Waals surface area contributed by atoms with Gasteiger partial charge in [0.05, 0.1) is 11.2 Å². The van der Waals surface area contributed by atoms with Gasteiger partial charge in [-0.25, -0.2) is 0 Å². The van der Waals surface area contributed by atoms with Crippen LogP contribution in [0.5, 0.6) is 0 Å². The van der Waals surface area contributed by atoms with E-state index in [-0.39, 0.29) is 18.3 Å². The van der Waals surface area contributed by atoms with E-state index in [9.17, 15) is 0 Å². The maximum absolute atomic E-state index is 6.09. The van der Waals surface area contributed by atoms with Crippen molar-refractivity contribution in [1.29, 1.82) is 0 Å². The first kappa shape index (κ1) is 15.0. The van der Waals surface area contributed by atoms with Crippen LogP contribution in [0.15, 0.2) is 24.3 Å². The Labute approximate surface area is 127 Å². The van der Waals surface area contributed by atoms with Crippen molar-refractivity contribution >= 4 is 12.6 Å². The fourth-order valence-electron chi connectivity index (χ4n) is 2.75. The molecule has 2 aliphatic heterocycles. The van der Waals surface area contributed by atoms with Gasteiger partial charge >= 0.3 is 7.12 Å². The zero-order valence-corrected chi connectivity index (χ0v) is 13.4. The summed E-state index contributed by atoms with van der Waals surface area (Å²) < 4.78 is 12.2. The van der Waals surface area contributed by atoms with Crippen LogP contribution in [0.3, 0.4) is 0 Å². The van der Waals surface area contributed by atoms with Crippen molar-refractivity contribution in [3.63, 3.8) is 0 Å². The van der Waals surface area contributed by atoms with E-state index in [1.165, 1.54) is 5.56 Å². The zero-order valence-electron chi connectivity index (χ0n) is 13.4. The SMILES string of the molecule is CC1(C)OB(c2ccc([C@H]3CNCCN3)cc2)OC1(C)C. The van der Waals surface area contributed by atoms with E-state index >= 15 is 0 Å². The quantitative estimate of drug-likeness (QED) is 0.803. The highest BCUT2D eigenvalue weighted by atomic mass is 16.7. The Balaban J connectivity index is 1.73. The Hall–Kier alpha value is -0.875. The third-order valence-corrected chi connectivity index (χ3v) is 4.91. The number of nitrogens with one attached hydrogen (secondary N) is 2. The van der Waals surface area contributed by atoms with Crippen LogP contribution in [0, 0.1) is 0 Å². The Morgan fingerprint density at radius 2 is 1.62 bits per heavy atom. The number of hydrogen-bond acceptors (Lipinski definition) is 4. The lowest BCUT2D eigenvalue weighted by Gasteiger charge is -2.32. The van der Waals surface area contributed by atoms with Crippen LogP contribution in [0.4, 0.5) is 0 Å². The molecule has 2 saturated heterocycles. The molecule has 114 valence electrons. The predicted molar refractivity (Wildman–Crippen MR) is 85.8 cm³/mol. The van der Waals surface area contributed by atoms with Gasteiger partial charge in [0.1, 0.15) is 0 Å². The highest BCUT2D eigenvalue weighted by molar-refractivity contribution is 6.62. The molecule has 0 unspecified atom stereocenters. The van der Waals surface area contributed by atoms with E-state index < -0.39 is 0 Å². The van der Waals surface area contributed by atoms with E-state index in [0.29, 0.717) is 6.04 Å². The topological polar surface area (TPSA) is 42.5 Å². The molecular weight excluding hydrogens is 263 g/mol. The van der Waals surface area contributed by atoms with Gasteiger partial charge in [0.15, 0.2) is 0 Å². The molecule has 2 N–H and O–H groups in total. The molecule has 0 spiro atoms. The van der Waals surface area contributed by atoms with Gasteiger partial charge in [0, 0.05) is 25.7 Å². The summed E-state index contributed by atoms with van der Waals surface area (Å²) in [4.78, 5) is 0. The average Bonchev–Trinajstić information content (AvgIpc) is 2.69. The van der Waals surface area contributed by atoms with Crippen LogP contribution in [0.1, 0.15) is 39.3 Å². The van der Waals surface area contributed by atoms with Gasteiger partial charge in [-0.05, 0) is 38.7 Å². The fourth-order valence-corrected chi connectivity index (χ4v) is 2.75. The summed E-state index contributed by atoms with van der Waals surface area (Å²) in [5.74, 6) is 0. The van der Waals surface area contributed by atoms with Gasteiger partial charge < -0.3 is 19.9 Å². The molecule has 0 radical (unpaired) electrons. The van der Waals surface area contributed by atoms with Gasteiger partial charge in [-0.3, -0.25) is 0 Å². The molecule has 4 nitrogen and oxygen atoms in total. The van der Waals surface area contributed by atoms with E-state index in [1.54, 1.807) is 0 Å². The molecule has 5 heteroatoms. The minimum atomic E-state index is -0.287. The molecule has 2 fully saturated rings. The lowest BCUT2D eigenvalue weighted by atomic mass is 9.78. The summed E-state index contributed by atoms with van der Waals surface area (Å²) in [6, 6.07) is 8.98. The predicted octanol–water partition coefficient (Wildman–Crippen LogP) is 1.22.